The molecule has 4 rings (SSSR count). The van der Waals surface area contributed by atoms with E-state index >= 15 is 0 Å². The van der Waals surface area contributed by atoms with E-state index in [1.165, 1.54) is 24.6 Å². The number of hydrogen-bond acceptors (Lipinski definition) is 9. The van der Waals surface area contributed by atoms with Gasteiger partial charge in [0.1, 0.15) is 10.6 Å². The van der Waals surface area contributed by atoms with Gasteiger partial charge in [-0.3, -0.25) is 0 Å². The molecular formula is C21H23N3O7S. The van der Waals surface area contributed by atoms with E-state index in [0.717, 1.165) is 0 Å². The summed E-state index contributed by atoms with van der Waals surface area (Å²) in [5.41, 5.74) is 1.09. The molecule has 0 spiro atoms. The summed E-state index contributed by atoms with van der Waals surface area (Å²) in [7, 11) is 0.723. The Morgan fingerprint density at radius 2 is 1.38 bits per heavy atom. The Morgan fingerprint density at radius 1 is 0.812 bits per heavy atom. The maximum absolute atomic E-state index is 13.2. The predicted molar refractivity (Wildman–Crippen MR) is 114 cm³/mol. The van der Waals surface area contributed by atoms with Gasteiger partial charge >= 0.3 is 0 Å². The van der Waals surface area contributed by atoms with E-state index < -0.39 is 10.0 Å². The van der Waals surface area contributed by atoms with Crippen LogP contribution in [-0.4, -0.2) is 70.6 Å². The summed E-state index contributed by atoms with van der Waals surface area (Å²) in [6.45, 7) is 1.25. The number of sulfonamides is 1. The number of rotatable bonds is 7. The first-order chi connectivity index (χ1) is 15.5. The van der Waals surface area contributed by atoms with Crippen LogP contribution in [0.5, 0.6) is 17.2 Å². The fourth-order valence-electron chi connectivity index (χ4n) is 3.36. The Hall–Kier alpha value is -3.15. The number of morpholine rings is 1. The molecule has 1 aromatic heterocycles. The summed E-state index contributed by atoms with van der Waals surface area (Å²) < 4.78 is 54.8. The highest BCUT2D eigenvalue weighted by Crippen LogP contribution is 2.35. The second-order valence-corrected chi connectivity index (χ2v) is 8.77. The standard InChI is InChI=1S/C21H23N3O7S/c1-27-16-6-4-14(12-18(16)29-3)20-22-23-21(31-20)15-5-7-17(28-2)19(13-15)32(25,26)24-8-10-30-11-9-24/h4-7,12-13H,8-11H2,1-3H3. The number of nitrogens with zero attached hydrogens (tertiary/aromatic N) is 3. The van der Waals surface area contributed by atoms with Gasteiger partial charge in [0, 0.05) is 24.2 Å². The highest BCUT2D eigenvalue weighted by atomic mass is 32.2. The average molecular weight is 461 g/mol. The minimum Gasteiger partial charge on any atom is -0.495 e. The normalized spacial score (nSPS) is 14.8. The van der Waals surface area contributed by atoms with E-state index in [2.05, 4.69) is 10.2 Å². The van der Waals surface area contributed by atoms with Gasteiger partial charge in [-0.2, -0.15) is 4.31 Å². The summed E-state index contributed by atoms with van der Waals surface area (Å²) in [6.07, 6.45) is 0. The number of benzene rings is 2. The first kappa shape index (κ1) is 22.1. The van der Waals surface area contributed by atoms with Crippen LogP contribution in [0, 0.1) is 0 Å². The molecule has 0 bridgehead atoms. The SMILES string of the molecule is COc1ccc(-c2nnc(-c3ccc(OC)c(S(=O)(=O)N4CCOCC4)c3)o2)cc1OC. The van der Waals surface area contributed by atoms with Crippen LogP contribution >= 0.6 is 0 Å². The van der Waals surface area contributed by atoms with Crippen molar-refractivity contribution in [1.29, 1.82) is 0 Å². The Morgan fingerprint density at radius 3 is 1.97 bits per heavy atom. The lowest BCUT2D eigenvalue weighted by atomic mass is 10.2. The van der Waals surface area contributed by atoms with Crippen LogP contribution in [0.25, 0.3) is 22.9 Å². The van der Waals surface area contributed by atoms with Gasteiger partial charge in [-0.05, 0) is 36.4 Å². The highest BCUT2D eigenvalue weighted by molar-refractivity contribution is 7.89. The number of ether oxygens (including phenoxy) is 4. The van der Waals surface area contributed by atoms with Crippen molar-refractivity contribution in [3.63, 3.8) is 0 Å². The molecule has 0 aliphatic carbocycles. The van der Waals surface area contributed by atoms with Gasteiger partial charge in [0.15, 0.2) is 11.5 Å². The van der Waals surface area contributed by atoms with Gasteiger partial charge in [0.2, 0.25) is 21.8 Å². The molecule has 2 heterocycles. The molecule has 1 fully saturated rings. The van der Waals surface area contributed by atoms with E-state index in [0.29, 0.717) is 35.8 Å². The molecule has 10 nitrogen and oxygen atoms in total. The monoisotopic (exact) mass is 461 g/mol. The molecule has 0 amide bonds. The lowest BCUT2D eigenvalue weighted by molar-refractivity contribution is 0.0729. The van der Waals surface area contributed by atoms with Crippen LogP contribution in [0.2, 0.25) is 0 Å². The summed E-state index contributed by atoms with van der Waals surface area (Å²) in [5.74, 6) is 1.77. The van der Waals surface area contributed by atoms with Gasteiger partial charge in [0.25, 0.3) is 0 Å². The average Bonchev–Trinajstić information content (AvgIpc) is 3.34. The zero-order valence-corrected chi connectivity index (χ0v) is 18.7. The fraction of sp³-hybridized carbons (Fsp3) is 0.333. The van der Waals surface area contributed by atoms with Crippen LogP contribution in [0.1, 0.15) is 0 Å². The third-order valence-electron chi connectivity index (χ3n) is 5.05. The molecule has 0 radical (unpaired) electrons. The van der Waals surface area contributed by atoms with Gasteiger partial charge in [-0.25, -0.2) is 8.42 Å². The van der Waals surface area contributed by atoms with Crippen LogP contribution in [-0.2, 0) is 14.8 Å². The van der Waals surface area contributed by atoms with Crippen molar-refractivity contribution >= 4 is 10.0 Å². The molecule has 11 heteroatoms. The van der Waals surface area contributed by atoms with Crippen LogP contribution in [0.15, 0.2) is 45.7 Å². The molecule has 2 aromatic carbocycles. The van der Waals surface area contributed by atoms with E-state index in [4.69, 9.17) is 23.4 Å². The molecule has 170 valence electrons. The van der Waals surface area contributed by atoms with Crippen LogP contribution in [0.3, 0.4) is 0 Å². The van der Waals surface area contributed by atoms with Crippen molar-refractivity contribution in [2.45, 2.75) is 4.90 Å². The van der Waals surface area contributed by atoms with Gasteiger partial charge in [-0.1, -0.05) is 0 Å². The van der Waals surface area contributed by atoms with Crippen LogP contribution in [0.4, 0.5) is 0 Å². The smallest absolute Gasteiger partial charge is 0.248 e. The molecule has 0 atom stereocenters. The van der Waals surface area contributed by atoms with E-state index in [9.17, 15) is 8.42 Å². The van der Waals surface area contributed by atoms with Crippen LogP contribution < -0.4 is 14.2 Å². The molecule has 1 aliphatic rings. The third kappa shape index (κ3) is 4.14. The second kappa shape index (κ2) is 9.15. The molecule has 1 saturated heterocycles. The minimum atomic E-state index is -3.79. The molecule has 0 saturated carbocycles. The number of aromatic nitrogens is 2. The molecular weight excluding hydrogens is 438 g/mol. The zero-order chi connectivity index (χ0) is 22.7. The lowest BCUT2D eigenvalue weighted by Crippen LogP contribution is -2.40. The number of methoxy groups -OCH3 is 3. The Balaban J connectivity index is 1.70. The first-order valence-corrected chi connectivity index (χ1v) is 11.2. The van der Waals surface area contributed by atoms with Crippen molar-refractivity contribution < 1.29 is 31.8 Å². The molecule has 1 aliphatic heterocycles. The van der Waals surface area contributed by atoms with Gasteiger partial charge in [-0.15, -0.1) is 10.2 Å². The largest absolute Gasteiger partial charge is 0.495 e. The predicted octanol–water partition coefficient (Wildman–Crippen LogP) is 2.45. The quantitative estimate of drug-likeness (QED) is 0.523. The van der Waals surface area contributed by atoms with Crippen molar-refractivity contribution in [2.75, 3.05) is 47.6 Å². The molecule has 3 aromatic rings. The van der Waals surface area contributed by atoms with Crippen molar-refractivity contribution in [1.82, 2.24) is 14.5 Å². The first-order valence-electron chi connectivity index (χ1n) is 9.80. The summed E-state index contributed by atoms with van der Waals surface area (Å²) in [4.78, 5) is 0.0327. The van der Waals surface area contributed by atoms with E-state index in [1.807, 2.05) is 0 Å². The summed E-state index contributed by atoms with van der Waals surface area (Å²) in [5, 5.41) is 8.19. The third-order valence-corrected chi connectivity index (χ3v) is 6.97. The van der Waals surface area contributed by atoms with Crippen molar-refractivity contribution in [3.05, 3.63) is 36.4 Å². The Kier molecular flexibility index (Phi) is 6.31. The second-order valence-electron chi connectivity index (χ2n) is 6.86. The van der Waals surface area contributed by atoms with Gasteiger partial charge in [0.05, 0.1) is 34.5 Å². The molecule has 0 unspecified atom stereocenters. The molecule has 32 heavy (non-hydrogen) atoms. The Bertz CT molecular complexity index is 1200. The maximum Gasteiger partial charge on any atom is 0.248 e. The summed E-state index contributed by atoms with van der Waals surface area (Å²) in [6, 6.07) is 9.94. The zero-order valence-electron chi connectivity index (χ0n) is 17.9. The Labute approximate surface area is 185 Å². The lowest BCUT2D eigenvalue weighted by Gasteiger charge is -2.26. The van der Waals surface area contributed by atoms with E-state index in [-0.39, 0.29) is 35.5 Å². The number of hydrogen-bond donors (Lipinski definition) is 0. The maximum atomic E-state index is 13.2. The van der Waals surface area contributed by atoms with Gasteiger partial charge < -0.3 is 23.4 Å². The van der Waals surface area contributed by atoms with Crippen molar-refractivity contribution in [2.24, 2.45) is 0 Å². The minimum absolute atomic E-state index is 0.0327. The van der Waals surface area contributed by atoms with E-state index in [1.54, 1.807) is 37.4 Å². The topological polar surface area (TPSA) is 113 Å². The fourth-order valence-corrected chi connectivity index (χ4v) is 4.95. The summed E-state index contributed by atoms with van der Waals surface area (Å²) >= 11 is 0. The van der Waals surface area contributed by atoms with Crippen molar-refractivity contribution in [3.8, 4) is 40.2 Å². The highest BCUT2D eigenvalue weighted by Gasteiger charge is 2.30. The molecule has 0 N–H and O–H groups in total.